The summed E-state index contributed by atoms with van der Waals surface area (Å²) in [7, 11) is -3.60. The molecule has 0 radical (unpaired) electrons. The van der Waals surface area contributed by atoms with Crippen LogP contribution in [0, 0.1) is 5.82 Å². The van der Waals surface area contributed by atoms with Gasteiger partial charge in [-0.1, -0.05) is 12.1 Å². The molecule has 5 nitrogen and oxygen atoms in total. The molecule has 1 amide bonds. The number of primary amides is 1. The summed E-state index contributed by atoms with van der Waals surface area (Å²) in [5.74, 6) is -1.14. The predicted octanol–water partition coefficient (Wildman–Crippen LogP) is 0.857. The van der Waals surface area contributed by atoms with E-state index in [1.807, 2.05) is 0 Å². The first-order chi connectivity index (χ1) is 8.32. The standard InChI is InChI=1S/C11H15FN2O3S/c1-18(16,17)14(8-4-7-11(13)15)10-6-3-2-5-9(10)12/h2-3,5-6H,4,7-8H2,1H3,(H2,13,15). The van der Waals surface area contributed by atoms with Gasteiger partial charge in [-0.3, -0.25) is 9.10 Å². The SMILES string of the molecule is CS(=O)(=O)N(CCCC(N)=O)c1ccccc1F. The number of para-hydroxylation sites is 1. The van der Waals surface area contributed by atoms with Gasteiger partial charge in [0.05, 0.1) is 11.9 Å². The van der Waals surface area contributed by atoms with Crippen molar-refractivity contribution in [2.24, 2.45) is 5.73 Å². The van der Waals surface area contributed by atoms with Crippen molar-refractivity contribution in [3.8, 4) is 0 Å². The molecule has 0 aromatic heterocycles. The Kier molecular flexibility index (Phi) is 4.66. The Hall–Kier alpha value is -1.63. The van der Waals surface area contributed by atoms with E-state index in [9.17, 15) is 17.6 Å². The van der Waals surface area contributed by atoms with E-state index in [4.69, 9.17) is 5.73 Å². The van der Waals surface area contributed by atoms with Crippen LogP contribution in [0.1, 0.15) is 12.8 Å². The monoisotopic (exact) mass is 274 g/mol. The van der Waals surface area contributed by atoms with Crippen molar-refractivity contribution in [1.29, 1.82) is 0 Å². The van der Waals surface area contributed by atoms with E-state index >= 15 is 0 Å². The van der Waals surface area contributed by atoms with Crippen molar-refractivity contribution in [3.63, 3.8) is 0 Å². The second-order valence-electron chi connectivity index (χ2n) is 3.86. The molecule has 0 bridgehead atoms. The first kappa shape index (κ1) is 14.4. The van der Waals surface area contributed by atoms with Crippen molar-refractivity contribution < 1.29 is 17.6 Å². The number of hydrogen-bond acceptors (Lipinski definition) is 3. The molecular weight excluding hydrogens is 259 g/mol. The van der Waals surface area contributed by atoms with Gasteiger partial charge in [-0.2, -0.15) is 0 Å². The third kappa shape index (κ3) is 3.99. The summed E-state index contributed by atoms with van der Waals surface area (Å²) in [6, 6.07) is 5.58. The molecule has 0 atom stereocenters. The average molecular weight is 274 g/mol. The van der Waals surface area contributed by atoms with Gasteiger partial charge < -0.3 is 5.73 Å². The van der Waals surface area contributed by atoms with Crippen LogP contribution < -0.4 is 10.0 Å². The van der Waals surface area contributed by atoms with Crippen molar-refractivity contribution in [1.82, 2.24) is 0 Å². The summed E-state index contributed by atoms with van der Waals surface area (Å²) in [6.45, 7) is 0.0166. The number of anilines is 1. The van der Waals surface area contributed by atoms with E-state index in [0.29, 0.717) is 0 Å². The van der Waals surface area contributed by atoms with Gasteiger partial charge >= 0.3 is 0 Å². The highest BCUT2D eigenvalue weighted by Gasteiger charge is 2.20. The summed E-state index contributed by atoms with van der Waals surface area (Å²) in [5, 5.41) is 0. The Bertz CT molecular complexity index is 531. The second kappa shape index (κ2) is 5.81. The number of rotatable bonds is 6. The fourth-order valence-corrected chi connectivity index (χ4v) is 2.48. The van der Waals surface area contributed by atoms with Crippen molar-refractivity contribution >= 4 is 21.6 Å². The molecule has 0 saturated heterocycles. The van der Waals surface area contributed by atoms with Gasteiger partial charge in [-0.15, -0.1) is 0 Å². The van der Waals surface area contributed by atoms with Gasteiger partial charge in [0.15, 0.2) is 0 Å². The largest absolute Gasteiger partial charge is 0.370 e. The summed E-state index contributed by atoms with van der Waals surface area (Å²) in [5.41, 5.74) is 4.95. The highest BCUT2D eigenvalue weighted by molar-refractivity contribution is 7.92. The normalized spacial score (nSPS) is 11.2. The molecule has 0 saturated carbocycles. The number of halogens is 1. The lowest BCUT2D eigenvalue weighted by molar-refractivity contribution is -0.118. The van der Waals surface area contributed by atoms with E-state index in [-0.39, 0.29) is 25.1 Å². The second-order valence-corrected chi connectivity index (χ2v) is 5.76. The summed E-state index contributed by atoms with van der Waals surface area (Å²) < 4.78 is 37.7. The molecule has 18 heavy (non-hydrogen) atoms. The van der Waals surface area contributed by atoms with Crippen molar-refractivity contribution in [2.75, 3.05) is 17.1 Å². The van der Waals surface area contributed by atoms with Gasteiger partial charge in [0, 0.05) is 13.0 Å². The van der Waals surface area contributed by atoms with E-state index < -0.39 is 21.7 Å². The highest BCUT2D eigenvalue weighted by atomic mass is 32.2. The molecule has 0 unspecified atom stereocenters. The van der Waals surface area contributed by atoms with Crippen LogP contribution in [0.15, 0.2) is 24.3 Å². The lowest BCUT2D eigenvalue weighted by Crippen LogP contribution is -2.32. The Labute approximate surface area is 105 Å². The molecule has 1 aromatic rings. The lowest BCUT2D eigenvalue weighted by Gasteiger charge is -2.22. The minimum absolute atomic E-state index is 0.0166. The molecule has 1 aromatic carbocycles. The molecule has 0 aliphatic rings. The minimum Gasteiger partial charge on any atom is -0.370 e. The van der Waals surface area contributed by atoms with Crippen molar-refractivity contribution in [3.05, 3.63) is 30.1 Å². The van der Waals surface area contributed by atoms with Crippen LogP contribution in [0.5, 0.6) is 0 Å². The third-order valence-corrected chi connectivity index (χ3v) is 3.49. The number of sulfonamides is 1. The van der Waals surface area contributed by atoms with Crippen LogP contribution >= 0.6 is 0 Å². The summed E-state index contributed by atoms with van der Waals surface area (Å²) in [4.78, 5) is 10.6. The summed E-state index contributed by atoms with van der Waals surface area (Å²) >= 11 is 0. The van der Waals surface area contributed by atoms with Gasteiger partial charge in [0.2, 0.25) is 15.9 Å². The van der Waals surface area contributed by atoms with Gasteiger partial charge in [-0.05, 0) is 18.6 Å². The molecule has 1 rings (SSSR count). The average Bonchev–Trinajstić information content (AvgIpc) is 2.24. The van der Waals surface area contributed by atoms with E-state index in [1.165, 1.54) is 18.2 Å². The number of nitrogens with zero attached hydrogens (tertiary/aromatic N) is 1. The lowest BCUT2D eigenvalue weighted by atomic mass is 10.2. The maximum atomic E-state index is 13.6. The third-order valence-electron chi connectivity index (χ3n) is 2.31. The predicted molar refractivity (Wildman–Crippen MR) is 67.0 cm³/mol. The van der Waals surface area contributed by atoms with Gasteiger partial charge in [0.1, 0.15) is 5.82 Å². The van der Waals surface area contributed by atoms with Crippen LogP contribution in [0.3, 0.4) is 0 Å². The Balaban J connectivity index is 2.94. The fraction of sp³-hybridized carbons (Fsp3) is 0.364. The highest BCUT2D eigenvalue weighted by Crippen LogP contribution is 2.21. The van der Waals surface area contributed by atoms with Gasteiger partial charge in [0.25, 0.3) is 0 Å². The molecule has 7 heteroatoms. The maximum Gasteiger partial charge on any atom is 0.232 e. The van der Waals surface area contributed by atoms with Crippen molar-refractivity contribution in [2.45, 2.75) is 12.8 Å². The van der Waals surface area contributed by atoms with Gasteiger partial charge in [-0.25, -0.2) is 12.8 Å². The number of amides is 1. The molecule has 100 valence electrons. The number of carbonyl (C=O) groups excluding carboxylic acids is 1. The molecule has 0 aliphatic heterocycles. The zero-order valence-corrected chi connectivity index (χ0v) is 10.8. The molecule has 0 aliphatic carbocycles. The first-order valence-electron chi connectivity index (χ1n) is 5.33. The molecule has 0 fully saturated rings. The smallest absolute Gasteiger partial charge is 0.232 e. The first-order valence-corrected chi connectivity index (χ1v) is 7.17. The number of nitrogens with two attached hydrogens (primary N) is 1. The van der Waals surface area contributed by atoms with Crippen LogP contribution in [0.2, 0.25) is 0 Å². The topological polar surface area (TPSA) is 80.5 Å². The quantitative estimate of drug-likeness (QED) is 0.835. The summed E-state index contributed by atoms with van der Waals surface area (Å²) in [6.07, 6.45) is 1.29. The molecule has 0 spiro atoms. The van der Waals surface area contributed by atoms with Crippen LogP contribution in [-0.4, -0.2) is 27.1 Å². The number of benzene rings is 1. The maximum absolute atomic E-state index is 13.6. The molecular formula is C11H15FN2O3S. The Morgan fingerprint density at radius 3 is 2.50 bits per heavy atom. The van der Waals surface area contributed by atoms with Crippen LogP contribution in [-0.2, 0) is 14.8 Å². The molecule has 0 heterocycles. The van der Waals surface area contributed by atoms with E-state index in [0.717, 1.165) is 10.6 Å². The molecule has 2 N–H and O–H groups in total. The zero-order chi connectivity index (χ0) is 13.8. The van der Waals surface area contributed by atoms with E-state index in [2.05, 4.69) is 0 Å². The Morgan fingerprint density at radius 2 is 2.00 bits per heavy atom. The Morgan fingerprint density at radius 1 is 1.39 bits per heavy atom. The zero-order valence-electron chi connectivity index (χ0n) is 9.97. The van der Waals surface area contributed by atoms with E-state index in [1.54, 1.807) is 6.07 Å². The van der Waals surface area contributed by atoms with Crippen LogP contribution in [0.25, 0.3) is 0 Å². The number of carbonyl (C=O) groups is 1. The number of hydrogen-bond donors (Lipinski definition) is 1. The van der Waals surface area contributed by atoms with Crippen LogP contribution in [0.4, 0.5) is 10.1 Å². The minimum atomic E-state index is -3.60. The fourth-order valence-electron chi connectivity index (χ4n) is 1.52.